The molecule has 1 aromatic carbocycles. The number of sulfonamides is 1. The van der Waals surface area contributed by atoms with Gasteiger partial charge in [-0.3, -0.25) is 10.2 Å². The molecule has 0 fully saturated rings. The van der Waals surface area contributed by atoms with Gasteiger partial charge in [0.05, 0.1) is 7.11 Å². The summed E-state index contributed by atoms with van der Waals surface area (Å²) in [7, 11) is -2.93. The number of ether oxygens (including phenoxy) is 1. The van der Waals surface area contributed by atoms with E-state index in [2.05, 4.69) is 10.2 Å². The van der Waals surface area contributed by atoms with Crippen molar-refractivity contribution in [3.05, 3.63) is 51.7 Å². The fourth-order valence-corrected chi connectivity index (χ4v) is 4.06. The van der Waals surface area contributed by atoms with E-state index in [4.69, 9.17) is 0 Å². The zero-order valence-corrected chi connectivity index (χ0v) is 14.7. The molecule has 0 aliphatic carbocycles. The van der Waals surface area contributed by atoms with E-state index in [0.29, 0.717) is 5.56 Å². The van der Waals surface area contributed by atoms with Gasteiger partial charge in [0.2, 0.25) is 0 Å². The minimum atomic E-state index is -4.09. The molecule has 0 aliphatic rings. The molecule has 24 heavy (non-hydrogen) atoms. The molecule has 0 bridgehead atoms. The van der Waals surface area contributed by atoms with Gasteiger partial charge in [0.25, 0.3) is 15.9 Å². The number of hydrazine groups is 1. The number of amides is 1. The fraction of sp³-hybridized carbons (Fsp3) is 0.200. The Bertz CT molecular complexity index is 841. The molecule has 0 saturated heterocycles. The molecule has 0 atom stereocenters. The third-order valence-corrected chi connectivity index (χ3v) is 5.53. The highest BCUT2D eigenvalue weighted by Crippen LogP contribution is 2.22. The van der Waals surface area contributed by atoms with Gasteiger partial charge in [0.1, 0.15) is 9.77 Å². The molecule has 9 heteroatoms. The molecule has 1 amide bonds. The van der Waals surface area contributed by atoms with Crippen LogP contribution < -0.4 is 10.3 Å². The maximum atomic E-state index is 12.2. The minimum absolute atomic E-state index is 0.0634. The first kappa shape index (κ1) is 18.1. The first-order valence-electron chi connectivity index (χ1n) is 6.96. The van der Waals surface area contributed by atoms with Crippen LogP contribution in [0.15, 0.2) is 40.6 Å². The van der Waals surface area contributed by atoms with Crippen molar-refractivity contribution in [1.82, 2.24) is 10.3 Å². The number of methoxy groups -OCH3 is 1. The zero-order chi connectivity index (χ0) is 17.7. The van der Waals surface area contributed by atoms with Crippen LogP contribution in [0.3, 0.4) is 0 Å². The second-order valence-corrected chi connectivity index (χ2v) is 7.28. The van der Waals surface area contributed by atoms with E-state index in [9.17, 15) is 18.0 Å². The molecule has 2 rings (SSSR count). The van der Waals surface area contributed by atoms with Gasteiger partial charge in [-0.1, -0.05) is 19.1 Å². The van der Waals surface area contributed by atoms with Crippen LogP contribution in [-0.4, -0.2) is 27.4 Å². The molecule has 0 spiro atoms. The number of carbonyl (C=O) groups excluding carboxylic acids is 2. The van der Waals surface area contributed by atoms with Crippen LogP contribution in [0.2, 0.25) is 0 Å². The van der Waals surface area contributed by atoms with Crippen LogP contribution in [-0.2, 0) is 21.2 Å². The van der Waals surface area contributed by atoms with E-state index in [1.165, 1.54) is 11.4 Å². The number of rotatable bonds is 6. The molecule has 128 valence electrons. The van der Waals surface area contributed by atoms with Gasteiger partial charge in [0, 0.05) is 5.56 Å². The van der Waals surface area contributed by atoms with Crippen molar-refractivity contribution in [3.8, 4) is 0 Å². The highest BCUT2D eigenvalue weighted by molar-refractivity contribution is 7.89. The Labute approximate surface area is 143 Å². The summed E-state index contributed by atoms with van der Waals surface area (Å²) in [6, 6.07) is 8.05. The summed E-state index contributed by atoms with van der Waals surface area (Å²) < 4.78 is 29.0. The summed E-state index contributed by atoms with van der Waals surface area (Å²) in [5, 5.41) is 1.45. The molecular formula is C15H16N2O5S2. The van der Waals surface area contributed by atoms with Crippen molar-refractivity contribution in [2.75, 3.05) is 7.11 Å². The molecule has 0 saturated carbocycles. The Hall–Kier alpha value is -2.23. The molecule has 0 radical (unpaired) electrons. The Kier molecular flexibility index (Phi) is 5.71. The first-order valence-corrected chi connectivity index (χ1v) is 9.32. The van der Waals surface area contributed by atoms with Crippen LogP contribution in [0.5, 0.6) is 0 Å². The number of hydrogen-bond donors (Lipinski definition) is 2. The number of thiophene rings is 1. The second kappa shape index (κ2) is 7.56. The lowest BCUT2D eigenvalue weighted by Gasteiger charge is -2.09. The van der Waals surface area contributed by atoms with Crippen molar-refractivity contribution in [1.29, 1.82) is 0 Å². The zero-order valence-electron chi connectivity index (χ0n) is 13.0. The molecule has 1 heterocycles. The van der Waals surface area contributed by atoms with E-state index in [-0.39, 0.29) is 9.77 Å². The maximum absolute atomic E-state index is 12.2. The standard InChI is InChI=1S/C15H16N2O5S2/c1-3-10-4-6-11(7-5-10)14(18)16-17-24(20,21)12-8-9-23-13(12)15(19)22-2/h4-9,17H,3H2,1-2H3,(H,16,18). The predicted octanol–water partition coefficient (Wildman–Crippen LogP) is 1.72. The number of benzene rings is 1. The topological polar surface area (TPSA) is 102 Å². The summed E-state index contributed by atoms with van der Waals surface area (Å²) in [6.07, 6.45) is 0.836. The molecule has 0 unspecified atom stereocenters. The second-order valence-electron chi connectivity index (χ2n) is 4.72. The largest absolute Gasteiger partial charge is 0.465 e. The van der Waals surface area contributed by atoms with Gasteiger partial charge in [-0.25, -0.2) is 13.2 Å². The molecule has 7 nitrogen and oxygen atoms in total. The van der Waals surface area contributed by atoms with Crippen molar-refractivity contribution in [2.45, 2.75) is 18.2 Å². The summed E-state index contributed by atoms with van der Waals surface area (Å²) in [4.78, 5) is 25.2. The van der Waals surface area contributed by atoms with Gasteiger partial charge in [-0.2, -0.15) is 0 Å². The van der Waals surface area contributed by atoms with Crippen LogP contribution in [0.4, 0.5) is 0 Å². The van der Waals surface area contributed by atoms with E-state index in [1.54, 1.807) is 24.3 Å². The van der Waals surface area contributed by atoms with Crippen molar-refractivity contribution in [2.24, 2.45) is 0 Å². The Morgan fingerprint density at radius 3 is 2.42 bits per heavy atom. The molecule has 2 N–H and O–H groups in total. The lowest BCUT2D eigenvalue weighted by molar-refractivity contribution is 0.0602. The van der Waals surface area contributed by atoms with Crippen molar-refractivity contribution in [3.63, 3.8) is 0 Å². The normalized spacial score (nSPS) is 11.1. The lowest BCUT2D eigenvalue weighted by atomic mass is 10.1. The highest BCUT2D eigenvalue weighted by Gasteiger charge is 2.25. The quantitative estimate of drug-likeness (QED) is 0.597. The summed E-state index contributed by atoms with van der Waals surface area (Å²) in [5.74, 6) is -1.36. The number of esters is 1. The average molecular weight is 368 g/mol. The van der Waals surface area contributed by atoms with Gasteiger partial charge >= 0.3 is 5.97 Å². The van der Waals surface area contributed by atoms with Crippen molar-refractivity contribution < 1.29 is 22.7 Å². The number of hydrogen-bond acceptors (Lipinski definition) is 6. The van der Waals surface area contributed by atoms with Crippen LogP contribution >= 0.6 is 11.3 Å². The van der Waals surface area contributed by atoms with Crippen LogP contribution in [0.1, 0.15) is 32.5 Å². The van der Waals surface area contributed by atoms with E-state index in [1.807, 2.05) is 11.8 Å². The van der Waals surface area contributed by atoms with E-state index < -0.39 is 21.9 Å². The third-order valence-electron chi connectivity index (χ3n) is 3.21. The summed E-state index contributed by atoms with van der Waals surface area (Å²) in [6.45, 7) is 1.99. The van der Waals surface area contributed by atoms with Gasteiger partial charge in [-0.15, -0.1) is 16.2 Å². The molecule has 2 aromatic rings. The number of nitrogens with one attached hydrogen (secondary N) is 2. The predicted molar refractivity (Wildman–Crippen MR) is 89.3 cm³/mol. The molecule has 0 aliphatic heterocycles. The summed E-state index contributed by atoms with van der Waals surface area (Å²) in [5.41, 5.74) is 3.50. The van der Waals surface area contributed by atoms with E-state index in [0.717, 1.165) is 30.4 Å². The van der Waals surface area contributed by atoms with Crippen molar-refractivity contribution >= 4 is 33.2 Å². The third kappa shape index (κ3) is 3.99. The summed E-state index contributed by atoms with van der Waals surface area (Å²) >= 11 is 0.937. The minimum Gasteiger partial charge on any atom is -0.465 e. The Morgan fingerprint density at radius 1 is 1.17 bits per heavy atom. The van der Waals surface area contributed by atoms with Crippen LogP contribution in [0.25, 0.3) is 0 Å². The SMILES string of the molecule is CCc1ccc(C(=O)NNS(=O)(=O)c2ccsc2C(=O)OC)cc1. The highest BCUT2D eigenvalue weighted by atomic mass is 32.2. The van der Waals surface area contributed by atoms with Crippen LogP contribution in [0, 0.1) is 0 Å². The Balaban J connectivity index is 2.11. The van der Waals surface area contributed by atoms with Gasteiger partial charge in [-0.05, 0) is 35.6 Å². The van der Waals surface area contributed by atoms with Gasteiger partial charge in [0.15, 0.2) is 0 Å². The number of aryl methyl sites for hydroxylation is 1. The lowest BCUT2D eigenvalue weighted by Crippen LogP contribution is -2.41. The maximum Gasteiger partial charge on any atom is 0.349 e. The molecule has 1 aromatic heterocycles. The van der Waals surface area contributed by atoms with E-state index >= 15 is 0 Å². The fourth-order valence-electron chi connectivity index (χ4n) is 1.88. The first-order chi connectivity index (χ1) is 11.4. The monoisotopic (exact) mass is 368 g/mol. The van der Waals surface area contributed by atoms with Gasteiger partial charge < -0.3 is 4.74 Å². The average Bonchev–Trinajstić information content (AvgIpc) is 3.10. The smallest absolute Gasteiger partial charge is 0.349 e. The Morgan fingerprint density at radius 2 is 1.83 bits per heavy atom. The molecular weight excluding hydrogens is 352 g/mol. The number of carbonyl (C=O) groups is 2.